The lowest BCUT2D eigenvalue weighted by molar-refractivity contribution is 0.899. The third-order valence-corrected chi connectivity index (χ3v) is 4.62. The molecular formula is C11H9BrN2OS. The van der Waals surface area contributed by atoms with Crippen molar-refractivity contribution in [3.05, 3.63) is 37.5 Å². The Morgan fingerprint density at radius 1 is 1.44 bits per heavy atom. The Hall–Kier alpha value is -0.940. The van der Waals surface area contributed by atoms with E-state index in [9.17, 15) is 4.79 Å². The average Bonchev–Trinajstić information content (AvgIpc) is 2.85. The quantitative estimate of drug-likeness (QED) is 0.879. The van der Waals surface area contributed by atoms with Crippen LogP contribution < -0.4 is 5.56 Å². The lowest BCUT2D eigenvalue weighted by atomic mass is 10.2. The predicted octanol–water partition coefficient (Wildman–Crippen LogP) is 2.75. The molecule has 2 aromatic heterocycles. The molecule has 0 aromatic carbocycles. The van der Waals surface area contributed by atoms with Gasteiger partial charge in [0.25, 0.3) is 5.56 Å². The van der Waals surface area contributed by atoms with Gasteiger partial charge in [0.05, 0.1) is 10.6 Å². The van der Waals surface area contributed by atoms with Gasteiger partial charge in [-0.15, -0.1) is 11.3 Å². The molecule has 2 aromatic rings. The van der Waals surface area contributed by atoms with Crippen molar-refractivity contribution < 1.29 is 0 Å². The zero-order valence-corrected chi connectivity index (χ0v) is 10.8. The summed E-state index contributed by atoms with van der Waals surface area (Å²) in [6.45, 7) is 0. The Balaban J connectivity index is 2.21. The van der Waals surface area contributed by atoms with Gasteiger partial charge >= 0.3 is 0 Å². The summed E-state index contributed by atoms with van der Waals surface area (Å²) in [5, 5.41) is 1.98. The molecule has 0 aliphatic heterocycles. The molecule has 82 valence electrons. The Morgan fingerprint density at radius 2 is 2.31 bits per heavy atom. The summed E-state index contributed by atoms with van der Waals surface area (Å²) < 4.78 is 0.985. The monoisotopic (exact) mass is 296 g/mol. The summed E-state index contributed by atoms with van der Waals surface area (Å²) in [4.78, 5) is 20.2. The number of nitrogens with one attached hydrogen (secondary N) is 1. The molecule has 0 radical (unpaired) electrons. The number of H-pyrrole nitrogens is 1. The van der Waals surface area contributed by atoms with Crippen LogP contribution in [0.2, 0.25) is 0 Å². The molecule has 0 unspecified atom stereocenters. The molecule has 0 fully saturated rings. The first-order valence-electron chi connectivity index (χ1n) is 5.11. The second-order valence-corrected chi connectivity index (χ2v) is 5.56. The Bertz CT molecular complexity index is 602. The number of halogens is 1. The zero-order chi connectivity index (χ0) is 11.1. The highest BCUT2D eigenvalue weighted by Gasteiger charge is 2.18. The van der Waals surface area contributed by atoms with Crippen molar-refractivity contribution in [1.29, 1.82) is 0 Å². The van der Waals surface area contributed by atoms with Crippen LogP contribution in [0.4, 0.5) is 0 Å². The molecule has 1 N–H and O–H groups in total. The van der Waals surface area contributed by atoms with Crippen LogP contribution in [0.25, 0.3) is 10.7 Å². The maximum atomic E-state index is 11.8. The van der Waals surface area contributed by atoms with Crippen LogP contribution in [0.3, 0.4) is 0 Å². The van der Waals surface area contributed by atoms with E-state index in [-0.39, 0.29) is 5.56 Å². The van der Waals surface area contributed by atoms with Crippen molar-refractivity contribution in [2.45, 2.75) is 19.3 Å². The van der Waals surface area contributed by atoms with Gasteiger partial charge in [0.1, 0.15) is 0 Å². The molecule has 0 atom stereocenters. The van der Waals surface area contributed by atoms with Crippen LogP contribution in [0.15, 0.2) is 20.7 Å². The molecule has 0 saturated heterocycles. The third-order valence-electron chi connectivity index (χ3n) is 2.77. The van der Waals surface area contributed by atoms with E-state index in [4.69, 9.17) is 0 Å². The Morgan fingerprint density at radius 3 is 3.06 bits per heavy atom. The highest BCUT2D eigenvalue weighted by atomic mass is 79.9. The van der Waals surface area contributed by atoms with Gasteiger partial charge in [0.15, 0.2) is 5.82 Å². The number of fused-ring (bicyclic) bond motifs is 1. The van der Waals surface area contributed by atoms with E-state index in [2.05, 4.69) is 25.9 Å². The number of nitrogens with zero attached hydrogens (tertiary/aromatic N) is 1. The maximum absolute atomic E-state index is 11.8. The van der Waals surface area contributed by atoms with Crippen LogP contribution >= 0.6 is 27.3 Å². The standard InChI is InChI=1S/C11H9BrN2OS/c12-7-4-5-16-9(7)10-13-8-3-1-2-6(8)11(15)14-10/h4-5H,1-3H2,(H,13,14,15). The van der Waals surface area contributed by atoms with Gasteiger partial charge in [-0.3, -0.25) is 4.79 Å². The molecule has 16 heavy (non-hydrogen) atoms. The first kappa shape index (κ1) is 10.2. The number of thiophene rings is 1. The smallest absolute Gasteiger partial charge is 0.254 e. The van der Waals surface area contributed by atoms with Crippen molar-refractivity contribution in [2.75, 3.05) is 0 Å². The van der Waals surface area contributed by atoms with Crippen molar-refractivity contribution >= 4 is 27.3 Å². The van der Waals surface area contributed by atoms with E-state index in [1.165, 1.54) is 0 Å². The van der Waals surface area contributed by atoms with Gasteiger partial charge in [0.2, 0.25) is 0 Å². The third kappa shape index (κ3) is 1.55. The number of aromatic nitrogens is 2. The number of rotatable bonds is 1. The van der Waals surface area contributed by atoms with Crippen molar-refractivity contribution in [3.8, 4) is 10.7 Å². The van der Waals surface area contributed by atoms with Crippen molar-refractivity contribution in [2.24, 2.45) is 0 Å². The van der Waals surface area contributed by atoms with E-state index in [0.29, 0.717) is 5.82 Å². The highest BCUT2D eigenvalue weighted by Crippen LogP contribution is 2.31. The molecule has 3 nitrogen and oxygen atoms in total. The van der Waals surface area contributed by atoms with E-state index in [0.717, 1.165) is 39.9 Å². The number of hydrogen-bond donors (Lipinski definition) is 1. The number of aryl methyl sites for hydroxylation is 1. The minimum absolute atomic E-state index is 0.0257. The molecule has 3 rings (SSSR count). The predicted molar refractivity (Wildman–Crippen MR) is 67.9 cm³/mol. The van der Waals surface area contributed by atoms with E-state index in [1.807, 2.05) is 11.4 Å². The van der Waals surface area contributed by atoms with Crippen LogP contribution in [0.1, 0.15) is 17.7 Å². The fourth-order valence-corrected chi connectivity index (χ4v) is 3.52. The maximum Gasteiger partial charge on any atom is 0.254 e. The fourth-order valence-electron chi connectivity index (χ4n) is 2.01. The minimum atomic E-state index is 0.0257. The highest BCUT2D eigenvalue weighted by molar-refractivity contribution is 9.10. The topological polar surface area (TPSA) is 45.8 Å². The van der Waals surface area contributed by atoms with Crippen LogP contribution in [0.5, 0.6) is 0 Å². The zero-order valence-electron chi connectivity index (χ0n) is 8.42. The molecule has 1 aliphatic carbocycles. The van der Waals surface area contributed by atoms with Gasteiger partial charge in [-0.2, -0.15) is 0 Å². The Labute approximate surface area is 105 Å². The first-order valence-corrected chi connectivity index (χ1v) is 6.78. The number of aromatic amines is 1. The summed E-state index contributed by atoms with van der Waals surface area (Å²) in [5.74, 6) is 0.688. The van der Waals surface area contributed by atoms with Gasteiger partial charge in [-0.25, -0.2) is 4.98 Å². The molecule has 1 aliphatic rings. The van der Waals surface area contributed by atoms with E-state index < -0.39 is 0 Å². The molecule has 0 bridgehead atoms. The van der Waals surface area contributed by atoms with Gasteiger partial charge in [-0.05, 0) is 46.6 Å². The van der Waals surface area contributed by atoms with E-state index in [1.54, 1.807) is 11.3 Å². The lowest BCUT2D eigenvalue weighted by Gasteiger charge is -2.02. The normalized spacial score (nSPS) is 14.1. The Kier molecular flexibility index (Phi) is 2.44. The fraction of sp³-hybridized carbons (Fsp3) is 0.273. The summed E-state index contributed by atoms with van der Waals surface area (Å²) in [6, 6.07) is 1.97. The average molecular weight is 297 g/mol. The SMILES string of the molecule is O=c1[nH]c(-c2sccc2Br)nc2c1CCC2. The molecule has 0 spiro atoms. The van der Waals surface area contributed by atoms with Crippen LogP contribution in [-0.2, 0) is 12.8 Å². The van der Waals surface area contributed by atoms with Crippen molar-refractivity contribution in [1.82, 2.24) is 9.97 Å². The summed E-state index contributed by atoms with van der Waals surface area (Å²) in [7, 11) is 0. The van der Waals surface area contributed by atoms with E-state index >= 15 is 0 Å². The number of hydrogen-bond acceptors (Lipinski definition) is 3. The lowest BCUT2D eigenvalue weighted by Crippen LogP contribution is -2.14. The second kappa shape index (κ2) is 3.82. The van der Waals surface area contributed by atoms with Gasteiger partial charge in [0, 0.05) is 10.0 Å². The molecule has 2 heterocycles. The first-order chi connectivity index (χ1) is 7.75. The van der Waals surface area contributed by atoms with Crippen LogP contribution in [0, 0.1) is 0 Å². The van der Waals surface area contributed by atoms with Gasteiger partial charge in [-0.1, -0.05) is 0 Å². The van der Waals surface area contributed by atoms with Gasteiger partial charge < -0.3 is 4.98 Å². The van der Waals surface area contributed by atoms with Crippen LogP contribution in [-0.4, -0.2) is 9.97 Å². The largest absolute Gasteiger partial charge is 0.306 e. The minimum Gasteiger partial charge on any atom is -0.306 e. The summed E-state index contributed by atoms with van der Waals surface area (Å²) >= 11 is 5.03. The molecule has 0 amide bonds. The molecule has 5 heteroatoms. The molecule has 0 saturated carbocycles. The second-order valence-electron chi connectivity index (χ2n) is 3.79. The summed E-state index contributed by atoms with van der Waals surface area (Å²) in [5.41, 5.74) is 1.87. The summed E-state index contributed by atoms with van der Waals surface area (Å²) in [6.07, 6.45) is 2.83. The molecular weight excluding hydrogens is 288 g/mol. The van der Waals surface area contributed by atoms with Crippen molar-refractivity contribution in [3.63, 3.8) is 0 Å².